The number of benzene rings is 1. The number of nitrogens with two attached hydrogens (primary N) is 1. The number of aromatic nitrogens is 2. The summed E-state index contributed by atoms with van der Waals surface area (Å²) in [4.78, 5) is 26.0. The van der Waals surface area contributed by atoms with Gasteiger partial charge in [0.25, 0.3) is 0 Å². The Hall–Kier alpha value is -2.12. The van der Waals surface area contributed by atoms with Crippen molar-refractivity contribution in [1.29, 1.82) is 0 Å². The van der Waals surface area contributed by atoms with Crippen LogP contribution < -0.4 is 5.73 Å². The molecule has 2 heterocycles. The molecule has 29 heavy (non-hydrogen) atoms. The van der Waals surface area contributed by atoms with Crippen LogP contribution in [-0.2, 0) is 17.6 Å². The van der Waals surface area contributed by atoms with Gasteiger partial charge in [-0.2, -0.15) is 0 Å². The number of aryl methyl sites for hydroxylation is 1. The van der Waals surface area contributed by atoms with Crippen molar-refractivity contribution in [3.63, 3.8) is 0 Å². The van der Waals surface area contributed by atoms with Gasteiger partial charge in [-0.25, -0.2) is 9.97 Å². The molecule has 1 aromatic carbocycles. The van der Waals surface area contributed by atoms with E-state index >= 15 is 0 Å². The molecule has 0 saturated heterocycles. The fourth-order valence-corrected chi connectivity index (χ4v) is 6.04. The topological polar surface area (TPSA) is 72.1 Å². The van der Waals surface area contributed by atoms with Crippen LogP contribution in [0, 0.1) is 5.92 Å². The monoisotopic (exact) mass is 426 g/mol. The highest BCUT2D eigenvalue weighted by molar-refractivity contribution is 7.99. The van der Waals surface area contributed by atoms with Crippen LogP contribution in [0.5, 0.6) is 0 Å². The van der Waals surface area contributed by atoms with E-state index in [1.807, 2.05) is 44.3 Å². The van der Waals surface area contributed by atoms with Crippen molar-refractivity contribution in [3.05, 3.63) is 46.3 Å². The summed E-state index contributed by atoms with van der Waals surface area (Å²) >= 11 is 3.09. The number of amides is 1. The minimum Gasteiger partial charge on any atom is -0.383 e. The first-order valence-corrected chi connectivity index (χ1v) is 11.8. The molecule has 7 heteroatoms. The third kappa shape index (κ3) is 4.12. The molecule has 2 unspecified atom stereocenters. The summed E-state index contributed by atoms with van der Waals surface area (Å²) in [6, 6.07) is 10.1. The maximum absolute atomic E-state index is 12.7. The van der Waals surface area contributed by atoms with E-state index in [0.29, 0.717) is 22.6 Å². The first-order valence-electron chi connectivity index (χ1n) is 9.95. The van der Waals surface area contributed by atoms with Crippen LogP contribution in [0.4, 0.5) is 5.82 Å². The highest BCUT2D eigenvalue weighted by atomic mass is 32.2. The molecule has 2 atom stereocenters. The standard InChI is InChI=1S/C22H26N4OS2/c1-13-9-10-16-17(11-13)29-21-19(16)20(23)24-22(25-21)28-12-18(27)26(3)14(2)15-7-5-4-6-8-15/h4-8,13-14H,9-12H2,1-3H3,(H2,23,24,25). The second-order valence-electron chi connectivity index (χ2n) is 7.80. The highest BCUT2D eigenvalue weighted by Crippen LogP contribution is 2.40. The highest BCUT2D eigenvalue weighted by Gasteiger charge is 2.24. The van der Waals surface area contributed by atoms with Gasteiger partial charge in [-0.15, -0.1) is 11.3 Å². The van der Waals surface area contributed by atoms with Crippen molar-refractivity contribution < 1.29 is 4.79 Å². The lowest BCUT2D eigenvalue weighted by molar-refractivity contribution is -0.128. The quantitative estimate of drug-likeness (QED) is 0.472. The van der Waals surface area contributed by atoms with E-state index in [1.54, 1.807) is 16.2 Å². The van der Waals surface area contributed by atoms with Crippen molar-refractivity contribution in [1.82, 2.24) is 14.9 Å². The number of carbonyl (C=O) groups is 1. The fraction of sp³-hybridized carbons (Fsp3) is 0.409. The number of hydrogen-bond donors (Lipinski definition) is 1. The van der Waals surface area contributed by atoms with Crippen LogP contribution in [0.2, 0.25) is 0 Å². The zero-order chi connectivity index (χ0) is 20.5. The lowest BCUT2D eigenvalue weighted by atomic mass is 9.89. The van der Waals surface area contributed by atoms with E-state index in [9.17, 15) is 4.79 Å². The SMILES string of the molecule is CC1CCc2c(sc3nc(SCC(=O)N(C)C(C)c4ccccc4)nc(N)c23)C1. The second kappa shape index (κ2) is 8.32. The minimum absolute atomic E-state index is 0.0174. The Balaban J connectivity index is 1.47. The lowest BCUT2D eigenvalue weighted by Gasteiger charge is -2.25. The molecule has 0 bridgehead atoms. The number of rotatable bonds is 5. The summed E-state index contributed by atoms with van der Waals surface area (Å²) < 4.78 is 0. The predicted octanol–water partition coefficient (Wildman–Crippen LogP) is 4.71. The molecule has 0 radical (unpaired) electrons. The molecule has 2 N–H and O–H groups in total. The first-order chi connectivity index (χ1) is 13.9. The summed E-state index contributed by atoms with van der Waals surface area (Å²) in [5, 5.41) is 1.61. The number of nitrogen functional groups attached to an aromatic ring is 1. The zero-order valence-corrected chi connectivity index (χ0v) is 18.6. The fourth-order valence-electron chi connectivity index (χ4n) is 3.81. The van der Waals surface area contributed by atoms with Crippen molar-refractivity contribution in [2.45, 2.75) is 44.3 Å². The molecule has 1 aliphatic carbocycles. The summed E-state index contributed by atoms with van der Waals surface area (Å²) in [5.41, 5.74) is 8.75. The van der Waals surface area contributed by atoms with Crippen LogP contribution in [-0.4, -0.2) is 33.6 Å². The van der Waals surface area contributed by atoms with Crippen molar-refractivity contribution in [2.75, 3.05) is 18.5 Å². The maximum Gasteiger partial charge on any atom is 0.233 e. The molecule has 3 aromatic rings. The summed E-state index contributed by atoms with van der Waals surface area (Å²) in [5.74, 6) is 1.59. The van der Waals surface area contributed by atoms with Gasteiger partial charge < -0.3 is 10.6 Å². The van der Waals surface area contributed by atoms with Crippen LogP contribution in [0.1, 0.15) is 42.3 Å². The van der Waals surface area contributed by atoms with E-state index in [-0.39, 0.29) is 11.9 Å². The van der Waals surface area contributed by atoms with E-state index < -0.39 is 0 Å². The number of anilines is 1. The predicted molar refractivity (Wildman–Crippen MR) is 121 cm³/mol. The molecule has 0 saturated carbocycles. The summed E-state index contributed by atoms with van der Waals surface area (Å²) in [6.07, 6.45) is 3.34. The summed E-state index contributed by atoms with van der Waals surface area (Å²) in [6.45, 7) is 4.33. The molecule has 0 fully saturated rings. The Morgan fingerprint density at radius 1 is 1.34 bits per heavy atom. The van der Waals surface area contributed by atoms with E-state index in [0.717, 1.165) is 28.6 Å². The minimum atomic E-state index is 0.0174. The Morgan fingerprint density at radius 3 is 2.86 bits per heavy atom. The van der Waals surface area contributed by atoms with Crippen molar-refractivity contribution >= 4 is 45.0 Å². The number of carbonyl (C=O) groups excluding carboxylic acids is 1. The average molecular weight is 427 g/mol. The van der Waals surface area contributed by atoms with Crippen molar-refractivity contribution in [3.8, 4) is 0 Å². The summed E-state index contributed by atoms with van der Waals surface area (Å²) in [7, 11) is 1.84. The smallest absolute Gasteiger partial charge is 0.233 e. The van der Waals surface area contributed by atoms with Gasteiger partial charge in [0.05, 0.1) is 17.2 Å². The van der Waals surface area contributed by atoms with Gasteiger partial charge in [0.15, 0.2) is 5.16 Å². The molecule has 1 aliphatic rings. The molecule has 4 rings (SSSR count). The Morgan fingerprint density at radius 2 is 2.10 bits per heavy atom. The van der Waals surface area contributed by atoms with Gasteiger partial charge in [0, 0.05) is 11.9 Å². The Kier molecular flexibility index (Phi) is 5.79. The molecule has 0 spiro atoms. The molecule has 0 aliphatic heterocycles. The molecular formula is C22H26N4OS2. The first kappa shape index (κ1) is 20.2. The van der Waals surface area contributed by atoms with Gasteiger partial charge in [-0.3, -0.25) is 4.79 Å². The number of fused-ring (bicyclic) bond motifs is 3. The van der Waals surface area contributed by atoms with Crippen LogP contribution in [0.25, 0.3) is 10.2 Å². The normalized spacial score (nSPS) is 17.1. The van der Waals surface area contributed by atoms with Gasteiger partial charge >= 0.3 is 0 Å². The molecule has 5 nitrogen and oxygen atoms in total. The third-order valence-corrected chi connectivity index (χ3v) is 7.72. The van der Waals surface area contributed by atoms with E-state index in [1.165, 1.54) is 28.6 Å². The maximum atomic E-state index is 12.7. The van der Waals surface area contributed by atoms with Crippen LogP contribution >= 0.6 is 23.1 Å². The Bertz CT molecular complexity index is 1030. The third-order valence-electron chi connectivity index (χ3n) is 5.74. The van der Waals surface area contributed by atoms with Gasteiger partial charge in [-0.1, -0.05) is 49.0 Å². The van der Waals surface area contributed by atoms with E-state index in [2.05, 4.69) is 11.9 Å². The Labute approximate surface area is 179 Å². The zero-order valence-electron chi connectivity index (χ0n) is 17.0. The number of nitrogens with zero attached hydrogens (tertiary/aromatic N) is 3. The average Bonchev–Trinajstić information content (AvgIpc) is 3.09. The number of hydrogen-bond acceptors (Lipinski definition) is 6. The molecular weight excluding hydrogens is 400 g/mol. The van der Waals surface area contributed by atoms with Crippen LogP contribution in [0.15, 0.2) is 35.5 Å². The molecule has 1 amide bonds. The molecule has 2 aromatic heterocycles. The number of thioether (sulfide) groups is 1. The largest absolute Gasteiger partial charge is 0.383 e. The lowest BCUT2D eigenvalue weighted by Crippen LogP contribution is -2.31. The van der Waals surface area contributed by atoms with E-state index in [4.69, 9.17) is 10.7 Å². The van der Waals surface area contributed by atoms with Gasteiger partial charge in [-0.05, 0) is 43.2 Å². The van der Waals surface area contributed by atoms with Gasteiger partial charge in [0.1, 0.15) is 10.6 Å². The number of thiophene rings is 1. The second-order valence-corrected chi connectivity index (χ2v) is 9.83. The van der Waals surface area contributed by atoms with Crippen LogP contribution in [0.3, 0.4) is 0 Å². The van der Waals surface area contributed by atoms with Crippen molar-refractivity contribution in [2.24, 2.45) is 5.92 Å². The molecule has 152 valence electrons. The van der Waals surface area contributed by atoms with Gasteiger partial charge in [0.2, 0.25) is 5.91 Å².